The molecule has 0 unspecified atom stereocenters. The number of hydrogen-bond acceptors (Lipinski definition) is 2. The number of ether oxygens (including phenoxy) is 1. The summed E-state index contributed by atoms with van der Waals surface area (Å²) in [5.41, 5.74) is 2.64. The van der Waals surface area contributed by atoms with E-state index in [1.165, 1.54) is 11.1 Å². The second-order valence-corrected chi connectivity index (χ2v) is 5.27. The normalized spacial score (nSPS) is 10.5. The number of unbranched alkanes of at least 4 members (excludes halogenated alkanes) is 1. The van der Waals surface area contributed by atoms with Crippen LogP contribution in [0.1, 0.15) is 30.4 Å². The van der Waals surface area contributed by atoms with Crippen molar-refractivity contribution >= 4 is 0 Å². The predicted octanol–water partition coefficient (Wildman–Crippen LogP) is 4.01. The number of aliphatic hydroxyl groups is 1. The molecule has 2 aromatic carbocycles. The van der Waals surface area contributed by atoms with Crippen molar-refractivity contribution in [2.24, 2.45) is 0 Å². The highest BCUT2D eigenvalue weighted by Crippen LogP contribution is 2.15. The second-order valence-electron chi connectivity index (χ2n) is 5.27. The predicted molar refractivity (Wildman–Crippen MR) is 86.7 cm³/mol. The number of benzene rings is 2. The smallest absolute Gasteiger partial charge is 0.119 e. The Morgan fingerprint density at radius 2 is 1.52 bits per heavy atom. The molecule has 112 valence electrons. The van der Waals surface area contributed by atoms with Crippen LogP contribution in [-0.4, -0.2) is 18.3 Å². The average Bonchev–Trinajstić information content (AvgIpc) is 2.53. The van der Waals surface area contributed by atoms with Crippen LogP contribution in [0.5, 0.6) is 5.75 Å². The van der Waals surface area contributed by atoms with E-state index in [2.05, 4.69) is 36.4 Å². The van der Waals surface area contributed by atoms with E-state index in [9.17, 15) is 0 Å². The first-order valence-corrected chi connectivity index (χ1v) is 7.75. The summed E-state index contributed by atoms with van der Waals surface area (Å²) < 4.78 is 5.83. The summed E-state index contributed by atoms with van der Waals surface area (Å²) >= 11 is 0. The van der Waals surface area contributed by atoms with Crippen LogP contribution in [0.15, 0.2) is 54.6 Å². The minimum atomic E-state index is 0.273. The van der Waals surface area contributed by atoms with E-state index in [0.29, 0.717) is 0 Å². The third-order valence-corrected chi connectivity index (χ3v) is 3.49. The zero-order valence-corrected chi connectivity index (χ0v) is 12.5. The maximum absolute atomic E-state index is 8.81. The SMILES string of the molecule is OCCCCc1cccc(OCCCc2ccccc2)c1. The highest BCUT2D eigenvalue weighted by atomic mass is 16.5. The van der Waals surface area contributed by atoms with Crippen LogP contribution >= 0.6 is 0 Å². The summed E-state index contributed by atoms with van der Waals surface area (Å²) in [6, 6.07) is 18.8. The first kappa shape index (κ1) is 15.6. The van der Waals surface area contributed by atoms with Crippen molar-refractivity contribution in [3.8, 4) is 5.75 Å². The van der Waals surface area contributed by atoms with E-state index < -0.39 is 0 Å². The molecule has 0 atom stereocenters. The Morgan fingerprint density at radius 1 is 0.762 bits per heavy atom. The van der Waals surface area contributed by atoms with Gasteiger partial charge >= 0.3 is 0 Å². The van der Waals surface area contributed by atoms with Crippen molar-refractivity contribution < 1.29 is 9.84 Å². The van der Waals surface area contributed by atoms with Gasteiger partial charge in [-0.1, -0.05) is 42.5 Å². The molecule has 0 saturated carbocycles. The molecule has 1 N–H and O–H groups in total. The summed E-state index contributed by atoms with van der Waals surface area (Å²) in [5.74, 6) is 0.949. The molecule has 2 aromatic rings. The van der Waals surface area contributed by atoms with E-state index in [1.54, 1.807) is 0 Å². The molecule has 0 aromatic heterocycles. The van der Waals surface area contributed by atoms with Gasteiger partial charge < -0.3 is 9.84 Å². The molecule has 0 spiro atoms. The summed E-state index contributed by atoms with van der Waals surface area (Å²) in [7, 11) is 0. The molecule has 2 nitrogen and oxygen atoms in total. The Balaban J connectivity index is 1.71. The summed E-state index contributed by atoms with van der Waals surface area (Å²) in [5, 5.41) is 8.81. The molecule has 0 fully saturated rings. The van der Waals surface area contributed by atoms with Gasteiger partial charge in [-0.2, -0.15) is 0 Å². The van der Waals surface area contributed by atoms with Gasteiger partial charge in [0, 0.05) is 6.61 Å². The Morgan fingerprint density at radius 3 is 2.33 bits per heavy atom. The Hall–Kier alpha value is -1.80. The average molecular weight is 284 g/mol. The van der Waals surface area contributed by atoms with E-state index in [0.717, 1.165) is 44.5 Å². The number of aryl methyl sites for hydroxylation is 2. The summed E-state index contributed by atoms with van der Waals surface area (Å²) in [6.45, 7) is 1.02. The van der Waals surface area contributed by atoms with Crippen molar-refractivity contribution in [1.29, 1.82) is 0 Å². The van der Waals surface area contributed by atoms with Gasteiger partial charge in [0.05, 0.1) is 6.61 Å². The van der Waals surface area contributed by atoms with Crippen molar-refractivity contribution in [1.82, 2.24) is 0 Å². The lowest BCUT2D eigenvalue weighted by Crippen LogP contribution is -2.00. The first-order valence-electron chi connectivity index (χ1n) is 7.75. The zero-order valence-electron chi connectivity index (χ0n) is 12.5. The van der Waals surface area contributed by atoms with Crippen LogP contribution in [-0.2, 0) is 12.8 Å². The van der Waals surface area contributed by atoms with Crippen molar-refractivity contribution in [2.75, 3.05) is 13.2 Å². The number of rotatable bonds is 9. The quantitative estimate of drug-likeness (QED) is 0.705. The maximum Gasteiger partial charge on any atom is 0.119 e. The molecule has 0 amide bonds. The lowest BCUT2D eigenvalue weighted by atomic mass is 10.1. The number of aliphatic hydroxyl groups excluding tert-OH is 1. The van der Waals surface area contributed by atoms with Gasteiger partial charge in [-0.3, -0.25) is 0 Å². The van der Waals surface area contributed by atoms with Crippen molar-refractivity contribution in [3.05, 3.63) is 65.7 Å². The molecule has 0 aliphatic carbocycles. The lowest BCUT2D eigenvalue weighted by Gasteiger charge is -2.08. The Labute approximate surface area is 127 Å². The molecule has 0 saturated heterocycles. The first-order chi connectivity index (χ1) is 10.4. The summed E-state index contributed by atoms with van der Waals surface area (Å²) in [4.78, 5) is 0. The van der Waals surface area contributed by atoms with Crippen LogP contribution < -0.4 is 4.74 Å². The molecule has 0 aliphatic rings. The van der Waals surface area contributed by atoms with E-state index in [1.807, 2.05) is 18.2 Å². The molecule has 0 bridgehead atoms. The van der Waals surface area contributed by atoms with E-state index in [-0.39, 0.29) is 6.61 Å². The number of hydrogen-bond donors (Lipinski definition) is 1. The van der Waals surface area contributed by atoms with Gasteiger partial charge in [0.25, 0.3) is 0 Å². The third-order valence-electron chi connectivity index (χ3n) is 3.49. The van der Waals surface area contributed by atoms with Gasteiger partial charge in [-0.05, 0) is 55.4 Å². The lowest BCUT2D eigenvalue weighted by molar-refractivity contribution is 0.284. The second kappa shape index (κ2) is 9.19. The van der Waals surface area contributed by atoms with Crippen LogP contribution in [0.3, 0.4) is 0 Å². The third kappa shape index (κ3) is 6.01. The molecular formula is C19H24O2. The standard InChI is InChI=1S/C19H24O2/c20-14-5-4-10-18-11-6-13-19(16-18)21-15-7-12-17-8-2-1-3-9-17/h1-3,6,8-9,11,13,16,20H,4-5,7,10,12,14-15H2. The highest BCUT2D eigenvalue weighted by molar-refractivity contribution is 5.28. The van der Waals surface area contributed by atoms with Crippen LogP contribution in [0.25, 0.3) is 0 Å². The largest absolute Gasteiger partial charge is 0.494 e. The van der Waals surface area contributed by atoms with E-state index in [4.69, 9.17) is 9.84 Å². The topological polar surface area (TPSA) is 29.5 Å². The fourth-order valence-electron chi connectivity index (χ4n) is 2.34. The van der Waals surface area contributed by atoms with Gasteiger partial charge in [0.2, 0.25) is 0 Å². The highest BCUT2D eigenvalue weighted by Gasteiger charge is 1.98. The minimum Gasteiger partial charge on any atom is -0.494 e. The van der Waals surface area contributed by atoms with E-state index >= 15 is 0 Å². The molecule has 21 heavy (non-hydrogen) atoms. The minimum absolute atomic E-state index is 0.273. The molecule has 0 heterocycles. The van der Waals surface area contributed by atoms with Crippen LogP contribution in [0, 0.1) is 0 Å². The van der Waals surface area contributed by atoms with Crippen LogP contribution in [0.4, 0.5) is 0 Å². The van der Waals surface area contributed by atoms with Gasteiger partial charge in [0.1, 0.15) is 5.75 Å². The van der Waals surface area contributed by atoms with Gasteiger partial charge in [-0.25, -0.2) is 0 Å². The fourth-order valence-corrected chi connectivity index (χ4v) is 2.34. The Bertz CT molecular complexity index is 508. The van der Waals surface area contributed by atoms with Gasteiger partial charge in [0.15, 0.2) is 0 Å². The molecular weight excluding hydrogens is 260 g/mol. The zero-order chi connectivity index (χ0) is 14.8. The molecule has 0 aliphatic heterocycles. The Kier molecular flexibility index (Phi) is 6.82. The summed E-state index contributed by atoms with van der Waals surface area (Å²) in [6.07, 6.45) is 4.97. The maximum atomic E-state index is 8.81. The van der Waals surface area contributed by atoms with Crippen molar-refractivity contribution in [3.63, 3.8) is 0 Å². The molecule has 2 rings (SSSR count). The monoisotopic (exact) mass is 284 g/mol. The molecule has 0 radical (unpaired) electrons. The fraction of sp³-hybridized carbons (Fsp3) is 0.368. The van der Waals surface area contributed by atoms with Crippen LogP contribution in [0.2, 0.25) is 0 Å². The van der Waals surface area contributed by atoms with Gasteiger partial charge in [-0.15, -0.1) is 0 Å². The van der Waals surface area contributed by atoms with Crippen molar-refractivity contribution in [2.45, 2.75) is 32.1 Å². The molecule has 2 heteroatoms.